The van der Waals surface area contributed by atoms with E-state index >= 15 is 0 Å². The van der Waals surface area contributed by atoms with E-state index in [1.165, 1.54) is 13.1 Å². The Morgan fingerprint density at radius 1 is 1.28 bits per heavy atom. The summed E-state index contributed by atoms with van der Waals surface area (Å²) in [6.07, 6.45) is 3.63. The van der Waals surface area contributed by atoms with E-state index in [1.54, 1.807) is 6.07 Å². The summed E-state index contributed by atoms with van der Waals surface area (Å²) >= 11 is 0. The summed E-state index contributed by atoms with van der Waals surface area (Å²) in [5.41, 5.74) is 1.31. The molecule has 1 aromatic carbocycles. The zero-order valence-electron chi connectivity index (χ0n) is 13.9. The van der Waals surface area contributed by atoms with Crippen LogP contribution in [0.15, 0.2) is 34.9 Å². The predicted molar refractivity (Wildman–Crippen MR) is 92.0 cm³/mol. The van der Waals surface area contributed by atoms with Crippen molar-refractivity contribution in [2.24, 2.45) is 5.92 Å². The lowest BCUT2D eigenvalue weighted by Gasteiger charge is -2.23. The molecule has 25 heavy (non-hydrogen) atoms. The summed E-state index contributed by atoms with van der Waals surface area (Å²) in [5.74, 6) is 0.659. The van der Waals surface area contributed by atoms with E-state index in [1.807, 2.05) is 18.2 Å². The fourth-order valence-corrected chi connectivity index (χ4v) is 3.74. The first kappa shape index (κ1) is 15.8. The number of oxazole rings is 1. The van der Waals surface area contributed by atoms with Crippen LogP contribution in [0.25, 0.3) is 11.3 Å². The van der Waals surface area contributed by atoms with Gasteiger partial charge in [-0.2, -0.15) is 0 Å². The van der Waals surface area contributed by atoms with Gasteiger partial charge in [-0.05, 0) is 37.4 Å². The highest BCUT2D eigenvalue weighted by atomic mass is 16.4. The molecule has 2 aromatic rings. The van der Waals surface area contributed by atoms with E-state index in [0.717, 1.165) is 19.4 Å². The van der Waals surface area contributed by atoms with Crippen LogP contribution in [0, 0.1) is 5.92 Å². The fraction of sp³-hybridized carbons (Fsp3) is 0.389. The number of aromatic nitrogens is 1. The summed E-state index contributed by atoms with van der Waals surface area (Å²) in [6, 6.07) is 7.73. The Morgan fingerprint density at radius 2 is 2.12 bits per heavy atom. The van der Waals surface area contributed by atoms with Crippen molar-refractivity contribution >= 4 is 17.5 Å². The summed E-state index contributed by atoms with van der Waals surface area (Å²) in [4.78, 5) is 27.9. The van der Waals surface area contributed by atoms with Crippen LogP contribution in [0.4, 0.5) is 5.69 Å². The van der Waals surface area contributed by atoms with Crippen LogP contribution in [0.2, 0.25) is 0 Å². The Labute approximate surface area is 145 Å². The van der Waals surface area contributed by atoms with Crippen LogP contribution in [0.5, 0.6) is 0 Å². The maximum Gasteiger partial charge on any atom is 0.307 e. The highest BCUT2D eigenvalue weighted by Gasteiger charge is 2.40. The topological polar surface area (TPSA) is 96.3 Å². The largest absolute Gasteiger partial charge is 0.432 e. The van der Waals surface area contributed by atoms with Gasteiger partial charge in [-0.1, -0.05) is 12.1 Å². The molecule has 3 unspecified atom stereocenters. The lowest BCUT2D eigenvalue weighted by molar-refractivity contribution is -0.114. The highest BCUT2D eigenvalue weighted by molar-refractivity contribution is 5.94. The molecule has 2 amide bonds. The fourth-order valence-electron chi connectivity index (χ4n) is 3.74. The van der Waals surface area contributed by atoms with Crippen molar-refractivity contribution in [2.45, 2.75) is 31.8 Å². The molecule has 7 nitrogen and oxygen atoms in total. The molecule has 2 fully saturated rings. The standard InChI is InChI=1S/C18H20N4O3/c1-10(23)21-13-5-3-2-4-12(13)16-9-20-18(25-16)17(24)22-15-7-11-6-14(15)19-8-11/h2-5,9,11,14-15,19H,6-8H2,1H3,(H,21,23)(H,22,24). The molecule has 2 bridgehead atoms. The van der Waals surface area contributed by atoms with E-state index in [0.29, 0.717) is 29.0 Å². The quantitative estimate of drug-likeness (QED) is 0.788. The minimum atomic E-state index is -0.303. The summed E-state index contributed by atoms with van der Waals surface area (Å²) in [6.45, 7) is 2.49. The molecule has 0 spiro atoms. The molecule has 1 aliphatic carbocycles. The van der Waals surface area contributed by atoms with Gasteiger partial charge in [-0.3, -0.25) is 9.59 Å². The number of para-hydroxylation sites is 1. The number of carbonyl (C=O) groups excluding carboxylic acids is 2. The number of hydrogen-bond donors (Lipinski definition) is 3. The van der Waals surface area contributed by atoms with Gasteiger partial charge in [-0.15, -0.1) is 0 Å². The summed E-state index contributed by atoms with van der Waals surface area (Å²) in [7, 11) is 0. The van der Waals surface area contributed by atoms with Crippen LogP contribution in [0.3, 0.4) is 0 Å². The van der Waals surface area contributed by atoms with Crippen molar-refractivity contribution in [3.63, 3.8) is 0 Å². The SMILES string of the molecule is CC(=O)Nc1ccccc1-c1cnc(C(=O)NC2CC3CNC2C3)o1. The summed E-state index contributed by atoms with van der Waals surface area (Å²) < 4.78 is 5.65. The first-order chi connectivity index (χ1) is 12.1. The molecule has 4 rings (SSSR count). The van der Waals surface area contributed by atoms with E-state index in [2.05, 4.69) is 20.9 Å². The maximum absolute atomic E-state index is 12.4. The zero-order chi connectivity index (χ0) is 17.4. The lowest BCUT2D eigenvalue weighted by atomic mass is 10.1. The second-order valence-corrected chi connectivity index (χ2v) is 6.69. The number of amides is 2. The Morgan fingerprint density at radius 3 is 2.84 bits per heavy atom. The Kier molecular flexibility index (Phi) is 4.01. The molecule has 7 heteroatoms. The van der Waals surface area contributed by atoms with Gasteiger partial charge in [0.2, 0.25) is 5.91 Å². The third-order valence-electron chi connectivity index (χ3n) is 4.85. The minimum Gasteiger partial charge on any atom is -0.432 e. The number of nitrogens with zero attached hydrogens (tertiary/aromatic N) is 1. The van der Waals surface area contributed by atoms with E-state index in [4.69, 9.17) is 4.42 Å². The monoisotopic (exact) mass is 340 g/mol. The van der Waals surface area contributed by atoms with Crippen molar-refractivity contribution in [3.8, 4) is 11.3 Å². The molecule has 2 heterocycles. The van der Waals surface area contributed by atoms with Crippen LogP contribution >= 0.6 is 0 Å². The second-order valence-electron chi connectivity index (χ2n) is 6.69. The molecule has 130 valence electrons. The van der Waals surface area contributed by atoms with Crippen molar-refractivity contribution < 1.29 is 14.0 Å². The molecule has 2 aliphatic rings. The molecular formula is C18H20N4O3. The molecule has 1 aromatic heterocycles. The first-order valence-corrected chi connectivity index (χ1v) is 8.47. The van der Waals surface area contributed by atoms with Gasteiger partial charge < -0.3 is 20.4 Å². The average Bonchev–Trinajstić information content (AvgIpc) is 3.31. The average molecular weight is 340 g/mol. The highest BCUT2D eigenvalue weighted by Crippen LogP contribution is 2.32. The predicted octanol–water partition coefficient (Wildman–Crippen LogP) is 1.78. The third kappa shape index (κ3) is 3.15. The Balaban J connectivity index is 1.50. The number of hydrogen-bond acceptors (Lipinski definition) is 5. The molecule has 1 saturated carbocycles. The van der Waals surface area contributed by atoms with Crippen molar-refractivity contribution in [1.29, 1.82) is 0 Å². The molecular weight excluding hydrogens is 320 g/mol. The van der Waals surface area contributed by atoms with Gasteiger partial charge >= 0.3 is 5.91 Å². The number of fused-ring (bicyclic) bond motifs is 2. The van der Waals surface area contributed by atoms with Gasteiger partial charge in [0.05, 0.1) is 11.9 Å². The van der Waals surface area contributed by atoms with E-state index < -0.39 is 0 Å². The first-order valence-electron chi connectivity index (χ1n) is 8.47. The smallest absolute Gasteiger partial charge is 0.307 e. The molecule has 1 saturated heterocycles. The number of rotatable bonds is 4. The zero-order valence-corrected chi connectivity index (χ0v) is 13.9. The molecule has 1 aliphatic heterocycles. The van der Waals surface area contributed by atoms with E-state index in [-0.39, 0.29) is 23.7 Å². The lowest BCUT2D eigenvalue weighted by Crippen LogP contribution is -2.48. The van der Waals surface area contributed by atoms with Gasteiger partial charge in [-0.25, -0.2) is 4.98 Å². The van der Waals surface area contributed by atoms with Gasteiger partial charge in [0, 0.05) is 24.6 Å². The molecule has 0 radical (unpaired) electrons. The van der Waals surface area contributed by atoms with E-state index in [9.17, 15) is 9.59 Å². The number of carbonyl (C=O) groups is 2. The second kappa shape index (κ2) is 6.33. The molecule has 3 atom stereocenters. The van der Waals surface area contributed by atoms with Gasteiger partial charge in [0.15, 0.2) is 5.76 Å². The number of piperidine rings is 1. The third-order valence-corrected chi connectivity index (χ3v) is 4.85. The number of benzene rings is 1. The van der Waals surface area contributed by atoms with Crippen LogP contribution in [-0.2, 0) is 4.79 Å². The normalized spacial score (nSPS) is 24.3. The van der Waals surface area contributed by atoms with Gasteiger partial charge in [0.25, 0.3) is 5.89 Å². The number of anilines is 1. The summed E-state index contributed by atoms with van der Waals surface area (Å²) in [5, 5.41) is 9.18. The number of nitrogens with one attached hydrogen (secondary N) is 3. The molecule has 3 N–H and O–H groups in total. The maximum atomic E-state index is 12.4. The van der Waals surface area contributed by atoms with Crippen molar-refractivity contribution in [3.05, 3.63) is 36.4 Å². The van der Waals surface area contributed by atoms with Crippen LogP contribution in [-0.4, -0.2) is 35.4 Å². The van der Waals surface area contributed by atoms with Crippen molar-refractivity contribution in [2.75, 3.05) is 11.9 Å². The van der Waals surface area contributed by atoms with Crippen LogP contribution < -0.4 is 16.0 Å². The Hall–Kier alpha value is -2.67. The van der Waals surface area contributed by atoms with Crippen LogP contribution in [0.1, 0.15) is 30.5 Å². The Bertz CT molecular complexity index is 816. The van der Waals surface area contributed by atoms with Crippen molar-refractivity contribution in [1.82, 2.24) is 15.6 Å². The van der Waals surface area contributed by atoms with Gasteiger partial charge in [0.1, 0.15) is 0 Å². The minimum absolute atomic E-state index is 0.0374.